The Kier molecular flexibility index (Phi) is 5.36. The van der Waals surface area contributed by atoms with Gasteiger partial charge in [0, 0.05) is 9.49 Å². The van der Waals surface area contributed by atoms with Gasteiger partial charge in [0.15, 0.2) is 0 Å². The van der Waals surface area contributed by atoms with Crippen LogP contribution < -0.4 is 0 Å². The van der Waals surface area contributed by atoms with Gasteiger partial charge in [0.2, 0.25) is 0 Å². The summed E-state index contributed by atoms with van der Waals surface area (Å²) in [5.41, 5.74) is 1.18. The molecule has 2 nitrogen and oxygen atoms in total. The van der Waals surface area contributed by atoms with E-state index >= 15 is 0 Å². The third-order valence-electron chi connectivity index (χ3n) is 4.46. The van der Waals surface area contributed by atoms with Crippen LogP contribution in [0.25, 0.3) is 0 Å². The molecule has 1 fully saturated rings. The molecular weight excluding hydrogens is 444 g/mol. The first kappa shape index (κ1) is 18.2. The minimum absolute atomic E-state index is 0.0245. The molecule has 132 valence electrons. The van der Waals surface area contributed by atoms with Crippen molar-refractivity contribution >= 4 is 28.6 Å². The second-order valence-electron chi connectivity index (χ2n) is 6.23. The van der Waals surface area contributed by atoms with Crippen LogP contribution in [0.4, 0.5) is 13.2 Å². The summed E-state index contributed by atoms with van der Waals surface area (Å²) in [5.74, 6) is -0.513. The Labute approximate surface area is 157 Å². The Balaban J connectivity index is 1.70. The molecule has 0 N–H and O–H groups in total. The SMILES string of the molecule is O=C1OC[C@H](Cc2ccc(C(F)(F)F)cc2)[C@H]1Cc1ccc(I)cc1. The van der Waals surface area contributed by atoms with Crippen LogP contribution >= 0.6 is 22.6 Å². The van der Waals surface area contributed by atoms with Gasteiger partial charge in [0.1, 0.15) is 0 Å². The molecule has 0 amide bonds. The summed E-state index contributed by atoms with van der Waals surface area (Å²) >= 11 is 2.22. The first-order valence-corrected chi connectivity index (χ1v) is 8.98. The maximum atomic E-state index is 12.6. The topological polar surface area (TPSA) is 26.3 Å². The van der Waals surface area contributed by atoms with Crippen LogP contribution in [-0.4, -0.2) is 12.6 Å². The zero-order valence-corrected chi connectivity index (χ0v) is 15.4. The van der Waals surface area contributed by atoms with Crippen molar-refractivity contribution in [2.75, 3.05) is 6.61 Å². The molecular formula is C19H16F3IO2. The second-order valence-corrected chi connectivity index (χ2v) is 7.47. The number of halogens is 4. The molecule has 0 radical (unpaired) electrons. The molecule has 1 saturated heterocycles. The number of hydrogen-bond acceptors (Lipinski definition) is 2. The molecule has 25 heavy (non-hydrogen) atoms. The Morgan fingerprint density at radius 1 is 0.960 bits per heavy atom. The standard InChI is InChI=1S/C19H16F3IO2/c20-19(21,22)15-5-1-12(2-6-15)9-14-11-25-18(24)17(14)10-13-3-7-16(23)8-4-13/h1-8,14,17H,9-11H2/t14-,17+/m0/s1. The fourth-order valence-electron chi connectivity index (χ4n) is 3.06. The molecule has 0 unspecified atom stereocenters. The third kappa shape index (κ3) is 4.54. The van der Waals surface area contributed by atoms with Crippen molar-refractivity contribution < 1.29 is 22.7 Å². The maximum Gasteiger partial charge on any atom is 0.416 e. The van der Waals surface area contributed by atoms with Gasteiger partial charge in [-0.25, -0.2) is 0 Å². The quantitative estimate of drug-likeness (QED) is 0.480. The molecule has 6 heteroatoms. The maximum absolute atomic E-state index is 12.6. The molecule has 0 bridgehead atoms. The molecule has 1 aliphatic rings. The number of rotatable bonds is 4. The van der Waals surface area contributed by atoms with Crippen molar-refractivity contribution in [3.05, 3.63) is 68.8 Å². The van der Waals surface area contributed by atoms with Gasteiger partial charge in [-0.1, -0.05) is 24.3 Å². The minimum atomic E-state index is -4.33. The minimum Gasteiger partial charge on any atom is -0.465 e. The molecule has 2 aromatic rings. The molecule has 2 aromatic carbocycles. The number of hydrogen-bond donors (Lipinski definition) is 0. The summed E-state index contributed by atoms with van der Waals surface area (Å²) in [7, 11) is 0. The van der Waals surface area contributed by atoms with E-state index in [9.17, 15) is 18.0 Å². The molecule has 1 aliphatic heterocycles. The number of alkyl halides is 3. The van der Waals surface area contributed by atoms with Gasteiger partial charge >= 0.3 is 12.1 Å². The number of benzene rings is 2. The summed E-state index contributed by atoms with van der Waals surface area (Å²) in [5, 5.41) is 0. The Morgan fingerprint density at radius 3 is 2.12 bits per heavy atom. The number of carbonyl (C=O) groups excluding carboxylic acids is 1. The highest BCUT2D eigenvalue weighted by Crippen LogP contribution is 2.32. The molecule has 1 heterocycles. The average Bonchev–Trinajstić information content (AvgIpc) is 2.90. The second kappa shape index (κ2) is 7.35. The lowest BCUT2D eigenvalue weighted by Gasteiger charge is -2.16. The fourth-order valence-corrected chi connectivity index (χ4v) is 3.42. The van der Waals surface area contributed by atoms with Gasteiger partial charge in [0.25, 0.3) is 0 Å². The van der Waals surface area contributed by atoms with E-state index in [1.807, 2.05) is 24.3 Å². The van der Waals surface area contributed by atoms with E-state index in [2.05, 4.69) is 22.6 Å². The fraction of sp³-hybridized carbons (Fsp3) is 0.316. The lowest BCUT2D eigenvalue weighted by atomic mass is 9.85. The van der Waals surface area contributed by atoms with Crippen LogP contribution in [0, 0.1) is 15.4 Å². The molecule has 3 rings (SSSR count). The van der Waals surface area contributed by atoms with Crippen LogP contribution in [0.15, 0.2) is 48.5 Å². The summed E-state index contributed by atoms with van der Waals surface area (Å²) in [6.07, 6.45) is -3.22. The summed E-state index contributed by atoms with van der Waals surface area (Å²) in [6.45, 7) is 0.314. The van der Waals surface area contributed by atoms with E-state index in [-0.39, 0.29) is 17.8 Å². The third-order valence-corrected chi connectivity index (χ3v) is 5.18. The van der Waals surface area contributed by atoms with Crippen molar-refractivity contribution in [3.8, 4) is 0 Å². The van der Waals surface area contributed by atoms with Crippen LogP contribution in [0.2, 0.25) is 0 Å². The van der Waals surface area contributed by atoms with E-state index in [4.69, 9.17) is 4.74 Å². The van der Waals surface area contributed by atoms with Gasteiger partial charge in [0.05, 0.1) is 18.1 Å². The van der Waals surface area contributed by atoms with Crippen LogP contribution in [0.3, 0.4) is 0 Å². The highest BCUT2D eigenvalue weighted by atomic mass is 127. The summed E-state index contributed by atoms with van der Waals surface area (Å²) < 4.78 is 44.3. The number of ether oxygens (including phenoxy) is 1. The zero-order valence-electron chi connectivity index (χ0n) is 13.2. The Morgan fingerprint density at radius 2 is 1.52 bits per heavy atom. The predicted molar refractivity (Wildman–Crippen MR) is 96.0 cm³/mol. The van der Waals surface area contributed by atoms with Crippen LogP contribution in [0.5, 0.6) is 0 Å². The lowest BCUT2D eigenvalue weighted by Crippen LogP contribution is -2.20. The van der Waals surface area contributed by atoms with E-state index in [1.165, 1.54) is 12.1 Å². The largest absolute Gasteiger partial charge is 0.465 e. The first-order valence-electron chi connectivity index (χ1n) is 7.90. The Bertz CT molecular complexity index is 739. The van der Waals surface area contributed by atoms with E-state index < -0.39 is 11.7 Å². The predicted octanol–water partition coefficient (Wildman–Crippen LogP) is 4.88. The highest BCUT2D eigenvalue weighted by Gasteiger charge is 2.37. The number of cyclic esters (lactones) is 1. The molecule has 0 aromatic heterocycles. The molecule has 2 atom stereocenters. The lowest BCUT2D eigenvalue weighted by molar-refractivity contribution is -0.141. The Hall–Kier alpha value is -1.57. The van der Waals surface area contributed by atoms with E-state index in [1.54, 1.807) is 0 Å². The van der Waals surface area contributed by atoms with Gasteiger partial charge in [-0.05, 0) is 70.8 Å². The van der Waals surface area contributed by atoms with Crippen molar-refractivity contribution in [2.45, 2.75) is 19.0 Å². The van der Waals surface area contributed by atoms with Crippen molar-refractivity contribution in [1.82, 2.24) is 0 Å². The van der Waals surface area contributed by atoms with Gasteiger partial charge < -0.3 is 4.74 Å². The number of carbonyl (C=O) groups is 1. The van der Waals surface area contributed by atoms with E-state index in [0.717, 1.165) is 26.8 Å². The first-order chi connectivity index (χ1) is 11.8. The van der Waals surface area contributed by atoms with Crippen molar-refractivity contribution in [2.24, 2.45) is 11.8 Å². The van der Waals surface area contributed by atoms with Crippen molar-refractivity contribution in [1.29, 1.82) is 0 Å². The smallest absolute Gasteiger partial charge is 0.416 e. The zero-order chi connectivity index (χ0) is 18.0. The molecule has 0 spiro atoms. The van der Waals surface area contributed by atoms with Crippen LogP contribution in [0.1, 0.15) is 16.7 Å². The van der Waals surface area contributed by atoms with Gasteiger partial charge in [-0.15, -0.1) is 0 Å². The van der Waals surface area contributed by atoms with Crippen LogP contribution in [-0.2, 0) is 28.5 Å². The summed E-state index contributed by atoms with van der Waals surface area (Å²) in [6, 6.07) is 13.1. The monoisotopic (exact) mass is 460 g/mol. The number of esters is 1. The average molecular weight is 460 g/mol. The van der Waals surface area contributed by atoms with E-state index in [0.29, 0.717) is 19.4 Å². The van der Waals surface area contributed by atoms with Gasteiger partial charge in [-0.3, -0.25) is 4.79 Å². The molecule has 0 saturated carbocycles. The van der Waals surface area contributed by atoms with Crippen molar-refractivity contribution in [3.63, 3.8) is 0 Å². The molecule has 0 aliphatic carbocycles. The highest BCUT2D eigenvalue weighted by molar-refractivity contribution is 14.1. The van der Waals surface area contributed by atoms with Gasteiger partial charge in [-0.2, -0.15) is 13.2 Å². The summed E-state index contributed by atoms with van der Waals surface area (Å²) in [4.78, 5) is 12.1. The normalized spacial score (nSPS) is 20.6.